The molecule has 4 nitrogen and oxygen atoms in total. The summed E-state index contributed by atoms with van der Waals surface area (Å²) in [5.74, 6) is 0. The summed E-state index contributed by atoms with van der Waals surface area (Å²) in [6, 6.07) is 0. The largest absolute Gasteiger partial charge is 3.00 e. The molecule has 0 bridgehead atoms. The topological polar surface area (TPSA) is 34.7 Å². The molecule has 0 aromatic heterocycles. The summed E-state index contributed by atoms with van der Waals surface area (Å²) < 4.78 is 5.14. The molecule has 1 heterocycles. The van der Waals surface area contributed by atoms with Gasteiger partial charge < -0.3 is 22.6 Å². The molecule has 0 aliphatic carbocycles. The van der Waals surface area contributed by atoms with Crippen molar-refractivity contribution in [1.29, 1.82) is 0 Å². The summed E-state index contributed by atoms with van der Waals surface area (Å²) in [4.78, 5) is 0. The van der Waals surface area contributed by atoms with Gasteiger partial charge in [-0.3, -0.25) is 8.88 Å². The zero-order valence-corrected chi connectivity index (χ0v) is 22.6. The fourth-order valence-electron chi connectivity index (χ4n) is 2.05. The van der Waals surface area contributed by atoms with E-state index >= 15 is 0 Å². The first-order valence-corrected chi connectivity index (χ1v) is 10.5. The van der Waals surface area contributed by atoms with Crippen molar-refractivity contribution in [2.45, 2.75) is 105 Å². The van der Waals surface area contributed by atoms with E-state index in [1.54, 1.807) is 0 Å². The second kappa shape index (κ2) is 8.75. The molecule has 140 valence electrons. The first-order chi connectivity index (χ1) is 9.43. The number of halogens is 1. The van der Waals surface area contributed by atoms with E-state index in [1.165, 1.54) is 0 Å². The molecule has 0 N–H and O–H groups in total. The third-order valence-electron chi connectivity index (χ3n) is 2.66. The number of hydrogen-bond acceptors (Lipinski definition) is 2. The summed E-state index contributed by atoms with van der Waals surface area (Å²) in [7, 11) is -1.31. The van der Waals surface area contributed by atoms with E-state index in [1.807, 2.05) is 0 Å². The second-order valence-electron chi connectivity index (χ2n) is 10.00. The Balaban J connectivity index is 0. The molecule has 0 saturated carbocycles. The normalized spacial score (nSPS) is 24.0. The Kier molecular flexibility index (Phi) is 10.2. The van der Waals surface area contributed by atoms with Gasteiger partial charge in [0, 0.05) is 11.1 Å². The SMILES string of the molecule is CC(C)(C)[N-]P1N(C(C)(C)C)P([N-]C(C)(C)C)N1C(C)(C)C.[Cl-].[Ga+3]. The average Bonchev–Trinajstić information content (AvgIpc) is 2.04. The van der Waals surface area contributed by atoms with Crippen molar-refractivity contribution in [3.8, 4) is 0 Å². The smallest absolute Gasteiger partial charge is 1.00 e. The molecular formula is C16H36ClGaN4P2. The van der Waals surface area contributed by atoms with Crippen molar-refractivity contribution in [2.24, 2.45) is 0 Å². The van der Waals surface area contributed by atoms with Crippen LogP contribution in [0.25, 0.3) is 10.2 Å². The van der Waals surface area contributed by atoms with Crippen LogP contribution >= 0.6 is 16.7 Å². The van der Waals surface area contributed by atoms with Crippen LogP contribution in [-0.4, -0.2) is 50.8 Å². The van der Waals surface area contributed by atoms with Crippen LogP contribution in [0.5, 0.6) is 0 Å². The van der Waals surface area contributed by atoms with Gasteiger partial charge in [0.05, 0.1) is 0 Å². The van der Waals surface area contributed by atoms with Gasteiger partial charge in [-0.2, -0.15) is 0 Å². The van der Waals surface area contributed by atoms with Gasteiger partial charge in [-0.05, 0) is 41.5 Å². The summed E-state index contributed by atoms with van der Waals surface area (Å²) in [6.07, 6.45) is 0. The van der Waals surface area contributed by atoms with E-state index in [0.29, 0.717) is 0 Å². The maximum atomic E-state index is 5.16. The van der Waals surface area contributed by atoms with Crippen LogP contribution < -0.4 is 12.4 Å². The maximum absolute atomic E-state index is 5.16. The molecule has 24 heavy (non-hydrogen) atoms. The first-order valence-electron chi connectivity index (χ1n) is 8.09. The van der Waals surface area contributed by atoms with Crippen molar-refractivity contribution < 1.29 is 12.4 Å². The predicted octanol–water partition coefficient (Wildman–Crippen LogP) is 3.62. The Morgan fingerprint density at radius 1 is 0.542 bits per heavy atom. The first kappa shape index (κ1) is 27.8. The van der Waals surface area contributed by atoms with E-state index in [2.05, 4.69) is 92.0 Å². The molecular weight excluding hydrogens is 415 g/mol. The van der Waals surface area contributed by atoms with Crippen LogP contribution in [0.1, 0.15) is 83.1 Å². The van der Waals surface area contributed by atoms with Crippen LogP contribution in [0, 0.1) is 0 Å². The molecule has 8 heteroatoms. The summed E-state index contributed by atoms with van der Waals surface area (Å²) in [6.45, 7) is 26.9. The molecule has 1 aliphatic rings. The Hall–Kier alpha value is 1.63. The van der Waals surface area contributed by atoms with E-state index < -0.39 is 16.7 Å². The zero-order chi connectivity index (χ0) is 17.7. The van der Waals surface area contributed by atoms with Crippen molar-refractivity contribution >= 4 is 36.5 Å². The van der Waals surface area contributed by atoms with Crippen LogP contribution in [0.15, 0.2) is 0 Å². The van der Waals surface area contributed by atoms with E-state index in [9.17, 15) is 0 Å². The maximum Gasteiger partial charge on any atom is 3.00 e. The van der Waals surface area contributed by atoms with Crippen LogP contribution in [-0.2, 0) is 0 Å². The fraction of sp³-hybridized carbons (Fsp3) is 1.00. The van der Waals surface area contributed by atoms with Crippen LogP contribution in [0.4, 0.5) is 0 Å². The fourth-order valence-corrected chi connectivity index (χ4v) is 8.00. The molecule has 0 spiro atoms. The van der Waals surface area contributed by atoms with Crippen molar-refractivity contribution in [3.63, 3.8) is 0 Å². The Morgan fingerprint density at radius 2 is 0.750 bits per heavy atom. The standard InChI is InChI=1S/C16H36N4P2.ClH.Ga/c1-13(2,3)17-21-19(15(7,8)9)22(18-14(4,5)6)20(21)16(10,11)12;;/h1-12H3;1H;/q-2;;+3/p-1. The van der Waals surface area contributed by atoms with Crippen molar-refractivity contribution in [1.82, 2.24) is 8.88 Å². The van der Waals surface area contributed by atoms with Gasteiger partial charge >= 0.3 is 19.8 Å². The molecule has 0 aromatic rings. The minimum Gasteiger partial charge on any atom is -1.00 e. The quantitative estimate of drug-likeness (QED) is 0.475. The van der Waals surface area contributed by atoms with Crippen LogP contribution in [0.3, 0.4) is 0 Å². The van der Waals surface area contributed by atoms with Gasteiger partial charge in [-0.25, -0.2) is 0 Å². The van der Waals surface area contributed by atoms with Gasteiger partial charge in [0.2, 0.25) is 0 Å². The van der Waals surface area contributed by atoms with E-state index in [4.69, 9.17) is 10.2 Å². The summed E-state index contributed by atoms with van der Waals surface area (Å²) in [5.41, 5.74) is 0.120. The summed E-state index contributed by atoms with van der Waals surface area (Å²) >= 11 is 0. The van der Waals surface area contributed by atoms with Crippen molar-refractivity contribution in [2.75, 3.05) is 0 Å². The minimum atomic E-state index is -0.654. The van der Waals surface area contributed by atoms with E-state index in [-0.39, 0.29) is 54.4 Å². The van der Waals surface area contributed by atoms with Crippen LogP contribution in [0.2, 0.25) is 0 Å². The zero-order valence-electron chi connectivity index (χ0n) is 17.6. The van der Waals surface area contributed by atoms with Gasteiger partial charge in [0.1, 0.15) is 0 Å². The predicted molar refractivity (Wildman–Crippen MR) is 109 cm³/mol. The number of hydrogen-bond donors (Lipinski definition) is 0. The molecule has 0 aromatic carbocycles. The van der Waals surface area contributed by atoms with E-state index in [0.717, 1.165) is 0 Å². The Bertz CT molecular complexity index is 351. The third kappa shape index (κ3) is 7.70. The van der Waals surface area contributed by atoms with Crippen molar-refractivity contribution in [3.05, 3.63) is 10.2 Å². The Labute approximate surface area is 172 Å². The average molecular weight is 452 g/mol. The van der Waals surface area contributed by atoms with Gasteiger partial charge in [0.25, 0.3) is 0 Å². The molecule has 1 saturated heterocycles. The monoisotopic (exact) mass is 450 g/mol. The second-order valence-corrected chi connectivity index (χ2v) is 13.7. The minimum absolute atomic E-state index is 0. The molecule has 0 amide bonds. The molecule has 0 unspecified atom stereocenters. The van der Waals surface area contributed by atoms with Gasteiger partial charge in [-0.1, -0.05) is 58.3 Å². The third-order valence-corrected chi connectivity index (χ3v) is 9.89. The molecule has 1 rings (SSSR count). The van der Waals surface area contributed by atoms with Gasteiger partial charge in [0.15, 0.2) is 0 Å². The number of rotatable bonds is 2. The molecule has 0 atom stereocenters. The van der Waals surface area contributed by atoms with Gasteiger partial charge in [-0.15, -0.1) is 11.1 Å². The molecule has 1 fully saturated rings. The Morgan fingerprint density at radius 3 is 0.875 bits per heavy atom. The molecule has 0 radical (unpaired) electrons. The molecule has 1 aliphatic heterocycles. The number of nitrogens with zero attached hydrogens (tertiary/aromatic N) is 4. The summed E-state index contributed by atoms with van der Waals surface area (Å²) in [5, 5.41) is 10.3.